The van der Waals surface area contributed by atoms with Crippen molar-refractivity contribution < 1.29 is 4.74 Å². The van der Waals surface area contributed by atoms with Gasteiger partial charge in [-0.15, -0.1) is 0 Å². The Bertz CT molecular complexity index is 273. The topological polar surface area (TPSA) is 35.2 Å². The number of benzene rings is 1. The summed E-state index contributed by atoms with van der Waals surface area (Å²) in [5, 5.41) is 0.716. The van der Waals surface area contributed by atoms with Gasteiger partial charge in [0.25, 0.3) is 0 Å². The van der Waals surface area contributed by atoms with Crippen LogP contribution in [-0.4, -0.2) is 13.7 Å². The van der Waals surface area contributed by atoms with E-state index in [9.17, 15) is 0 Å². The maximum atomic E-state index is 5.89. The zero-order chi connectivity index (χ0) is 9.84. The van der Waals surface area contributed by atoms with Crippen LogP contribution < -0.4 is 5.73 Å². The smallest absolute Gasteiger partial charge is 0.0655 e. The van der Waals surface area contributed by atoms with Gasteiger partial charge in [-0.05, 0) is 46.4 Å². The first-order valence-electron chi connectivity index (χ1n) is 3.84. The number of hydrogen-bond acceptors (Lipinski definition) is 2. The summed E-state index contributed by atoms with van der Waals surface area (Å²) in [6.45, 7) is 0.510. The van der Waals surface area contributed by atoms with Gasteiger partial charge in [-0.2, -0.15) is 0 Å². The lowest BCUT2D eigenvalue weighted by atomic mass is 10.1. The van der Waals surface area contributed by atoms with Crippen molar-refractivity contribution in [3.8, 4) is 0 Å². The molecule has 0 radical (unpaired) electrons. The molecule has 4 heteroatoms. The van der Waals surface area contributed by atoms with Crippen molar-refractivity contribution in [2.45, 2.75) is 6.04 Å². The molecule has 1 aromatic rings. The predicted octanol–water partition coefficient (Wildman–Crippen LogP) is 2.59. The predicted molar refractivity (Wildman–Crippen MR) is 63.0 cm³/mol. The van der Waals surface area contributed by atoms with Crippen LogP contribution in [0.4, 0.5) is 0 Å². The zero-order valence-electron chi connectivity index (χ0n) is 7.26. The molecule has 2 N–H and O–H groups in total. The highest BCUT2D eigenvalue weighted by Gasteiger charge is 2.06. The Morgan fingerprint density at radius 1 is 1.54 bits per heavy atom. The molecule has 0 aromatic heterocycles. The van der Waals surface area contributed by atoms with Crippen molar-refractivity contribution in [3.05, 3.63) is 32.4 Å². The largest absolute Gasteiger partial charge is 0.383 e. The van der Waals surface area contributed by atoms with Gasteiger partial charge in [-0.25, -0.2) is 0 Å². The molecule has 13 heavy (non-hydrogen) atoms. The molecular weight excluding hydrogens is 300 g/mol. The van der Waals surface area contributed by atoms with E-state index in [2.05, 4.69) is 22.6 Å². The molecule has 0 spiro atoms. The highest BCUT2D eigenvalue weighted by atomic mass is 127. The van der Waals surface area contributed by atoms with E-state index in [0.29, 0.717) is 11.6 Å². The highest BCUT2D eigenvalue weighted by molar-refractivity contribution is 14.1. The molecule has 72 valence electrons. The van der Waals surface area contributed by atoms with Crippen LogP contribution in [0.25, 0.3) is 0 Å². The van der Waals surface area contributed by atoms with Gasteiger partial charge in [0.2, 0.25) is 0 Å². The summed E-state index contributed by atoms with van der Waals surface area (Å²) >= 11 is 8.11. The SMILES string of the molecule is COC[C@@H](N)c1cc(Cl)cc(I)c1. The Kier molecular flexibility index (Phi) is 4.45. The Morgan fingerprint density at radius 3 is 2.77 bits per heavy atom. The number of nitrogens with two attached hydrogens (primary N) is 1. The molecule has 0 fully saturated rings. The summed E-state index contributed by atoms with van der Waals surface area (Å²) in [4.78, 5) is 0. The van der Waals surface area contributed by atoms with E-state index < -0.39 is 0 Å². The second kappa shape index (κ2) is 5.14. The normalized spacial score (nSPS) is 12.9. The third kappa shape index (κ3) is 3.42. The van der Waals surface area contributed by atoms with Crippen LogP contribution in [0.2, 0.25) is 5.02 Å². The van der Waals surface area contributed by atoms with Crippen LogP contribution in [0.5, 0.6) is 0 Å². The van der Waals surface area contributed by atoms with E-state index in [1.807, 2.05) is 18.2 Å². The van der Waals surface area contributed by atoms with Crippen molar-refractivity contribution in [1.29, 1.82) is 0 Å². The number of methoxy groups -OCH3 is 1. The first-order valence-corrected chi connectivity index (χ1v) is 5.29. The van der Waals surface area contributed by atoms with Gasteiger partial charge in [-0.1, -0.05) is 11.6 Å². The van der Waals surface area contributed by atoms with Crippen LogP contribution >= 0.6 is 34.2 Å². The zero-order valence-corrected chi connectivity index (χ0v) is 10.2. The minimum absolute atomic E-state index is 0.0998. The van der Waals surface area contributed by atoms with Gasteiger partial charge in [-0.3, -0.25) is 0 Å². The Morgan fingerprint density at radius 2 is 2.23 bits per heavy atom. The molecule has 0 aliphatic heterocycles. The van der Waals surface area contributed by atoms with Crippen molar-refractivity contribution in [2.24, 2.45) is 5.73 Å². The van der Waals surface area contributed by atoms with Crippen molar-refractivity contribution >= 4 is 34.2 Å². The lowest BCUT2D eigenvalue weighted by Crippen LogP contribution is -2.16. The highest BCUT2D eigenvalue weighted by Crippen LogP contribution is 2.20. The van der Waals surface area contributed by atoms with Crippen LogP contribution in [0.15, 0.2) is 18.2 Å². The van der Waals surface area contributed by atoms with Gasteiger partial charge in [0, 0.05) is 15.7 Å². The van der Waals surface area contributed by atoms with Crippen molar-refractivity contribution in [1.82, 2.24) is 0 Å². The number of rotatable bonds is 3. The summed E-state index contributed by atoms with van der Waals surface area (Å²) in [6.07, 6.45) is 0. The molecular formula is C9H11ClINO. The summed E-state index contributed by atoms with van der Waals surface area (Å²) in [5.41, 5.74) is 6.87. The molecule has 0 saturated carbocycles. The maximum absolute atomic E-state index is 5.89. The van der Waals surface area contributed by atoms with Crippen LogP contribution in [0, 0.1) is 3.57 Å². The standard InChI is InChI=1S/C9H11ClINO/c1-13-5-9(12)6-2-7(10)4-8(11)3-6/h2-4,9H,5,12H2,1H3/t9-/m1/s1. The minimum atomic E-state index is -0.0998. The summed E-state index contributed by atoms with van der Waals surface area (Å²) in [6, 6.07) is 5.67. The number of hydrogen-bond donors (Lipinski definition) is 1. The first kappa shape index (κ1) is 11.2. The monoisotopic (exact) mass is 311 g/mol. The van der Waals surface area contributed by atoms with Gasteiger partial charge in [0.15, 0.2) is 0 Å². The molecule has 0 heterocycles. The minimum Gasteiger partial charge on any atom is -0.383 e. The molecule has 0 amide bonds. The Labute approximate surface area is 96.5 Å². The molecule has 1 rings (SSSR count). The van der Waals surface area contributed by atoms with Gasteiger partial charge in [0.1, 0.15) is 0 Å². The van der Waals surface area contributed by atoms with Gasteiger partial charge >= 0.3 is 0 Å². The lowest BCUT2D eigenvalue weighted by Gasteiger charge is -2.11. The average molecular weight is 312 g/mol. The van der Waals surface area contributed by atoms with Crippen LogP contribution in [0.1, 0.15) is 11.6 Å². The second-order valence-corrected chi connectivity index (χ2v) is 4.45. The fraction of sp³-hybridized carbons (Fsp3) is 0.333. The Balaban J connectivity index is 2.87. The van der Waals surface area contributed by atoms with E-state index in [0.717, 1.165) is 9.13 Å². The quantitative estimate of drug-likeness (QED) is 0.871. The second-order valence-electron chi connectivity index (χ2n) is 2.76. The fourth-order valence-electron chi connectivity index (χ4n) is 1.07. The molecule has 2 nitrogen and oxygen atoms in total. The first-order chi connectivity index (χ1) is 6.13. The van der Waals surface area contributed by atoms with Gasteiger partial charge < -0.3 is 10.5 Å². The van der Waals surface area contributed by atoms with E-state index >= 15 is 0 Å². The molecule has 0 unspecified atom stereocenters. The fourth-order valence-corrected chi connectivity index (χ4v) is 2.19. The van der Waals surface area contributed by atoms with E-state index in [1.165, 1.54) is 0 Å². The third-order valence-corrected chi connectivity index (χ3v) is 2.50. The third-order valence-electron chi connectivity index (χ3n) is 1.66. The summed E-state index contributed by atoms with van der Waals surface area (Å²) < 4.78 is 6.06. The van der Waals surface area contributed by atoms with Crippen molar-refractivity contribution in [2.75, 3.05) is 13.7 Å². The molecule has 0 saturated heterocycles. The number of halogens is 2. The number of ether oxygens (including phenoxy) is 1. The lowest BCUT2D eigenvalue weighted by molar-refractivity contribution is 0.181. The summed E-state index contributed by atoms with van der Waals surface area (Å²) in [7, 11) is 1.63. The Hall–Kier alpha value is 0.160. The summed E-state index contributed by atoms with van der Waals surface area (Å²) in [5.74, 6) is 0. The molecule has 1 atom stereocenters. The van der Waals surface area contributed by atoms with E-state index in [-0.39, 0.29) is 6.04 Å². The van der Waals surface area contributed by atoms with Crippen LogP contribution in [0.3, 0.4) is 0 Å². The molecule has 0 aliphatic rings. The average Bonchev–Trinajstić information content (AvgIpc) is 2.03. The van der Waals surface area contributed by atoms with Crippen molar-refractivity contribution in [3.63, 3.8) is 0 Å². The molecule has 1 aromatic carbocycles. The van der Waals surface area contributed by atoms with Gasteiger partial charge in [0.05, 0.1) is 12.6 Å². The van der Waals surface area contributed by atoms with E-state index in [4.69, 9.17) is 22.1 Å². The molecule has 0 bridgehead atoms. The van der Waals surface area contributed by atoms with E-state index in [1.54, 1.807) is 7.11 Å². The molecule has 0 aliphatic carbocycles. The van der Waals surface area contributed by atoms with Crippen LogP contribution in [-0.2, 0) is 4.74 Å². The maximum Gasteiger partial charge on any atom is 0.0655 e.